The maximum atomic E-state index is 11.4. The highest BCUT2D eigenvalue weighted by Crippen LogP contribution is 2.10. The summed E-state index contributed by atoms with van der Waals surface area (Å²) >= 11 is 0. The van der Waals surface area contributed by atoms with Crippen molar-refractivity contribution in [2.75, 3.05) is 0 Å². The van der Waals surface area contributed by atoms with E-state index in [1.165, 1.54) is 0 Å². The van der Waals surface area contributed by atoms with E-state index in [0.29, 0.717) is 0 Å². The zero-order chi connectivity index (χ0) is 7.49. The van der Waals surface area contributed by atoms with Crippen molar-refractivity contribution in [2.24, 2.45) is 5.41 Å². The molecule has 0 saturated heterocycles. The molecular formula is C7H10F2. The van der Waals surface area contributed by atoms with E-state index in [1.807, 2.05) is 0 Å². The highest BCUT2D eigenvalue weighted by atomic mass is 19.3. The molecule has 0 fully saturated rings. The molecule has 9 heavy (non-hydrogen) atoms. The Morgan fingerprint density at radius 2 is 1.67 bits per heavy atom. The van der Waals surface area contributed by atoms with E-state index in [9.17, 15) is 8.78 Å². The molecule has 0 aromatic carbocycles. The van der Waals surface area contributed by atoms with Crippen LogP contribution in [0.25, 0.3) is 0 Å². The SMILES string of the molecule is CC(C)(C)C#CC(F)F. The molecule has 0 aliphatic carbocycles. The molecule has 0 heterocycles. The van der Waals surface area contributed by atoms with E-state index in [2.05, 4.69) is 5.92 Å². The lowest BCUT2D eigenvalue weighted by atomic mass is 9.98. The molecule has 0 aromatic rings. The first-order chi connectivity index (χ1) is 3.92. The van der Waals surface area contributed by atoms with Crippen LogP contribution in [0.15, 0.2) is 0 Å². The van der Waals surface area contributed by atoms with E-state index in [4.69, 9.17) is 0 Å². The van der Waals surface area contributed by atoms with Gasteiger partial charge in [0.15, 0.2) is 0 Å². The Balaban J connectivity index is 3.88. The number of rotatable bonds is 0. The molecule has 0 radical (unpaired) electrons. The summed E-state index contributed by atoms with van der Waals surface area (Å²) in [6, 6.07) is 0. The predicted octanol–water partition coefficient (Wildman–Crippen LogP) is 2.30. The Bertz CT molecular complexity index is 131. The first-order valence-electron chi connectivity index (χ1n) is 2.73. The van der Waals surface area contributed by atoms with Gasteiger partial charge in [0, 0.05) is 5.41 Å². The Morgan fingerprint density at radius 3 is 1.78 bits per heavy atom. The van der Waals surface area contributed by atoms with E-state index in [-0.39, 0.29) is 5.41 Å². The average Bonchev–Trinajstić information content (AvgIpc) is 1.59. The minimum absolute atomic E-state index is 0.309. The summed E-state index contributed by atoms with van der Waals surface area (Å²) in [4.78, 5) is 0. The van der Waals surface area contributed by atoms with Crippen molar-refractivity contribution < 1.29 is 8.78 Å². The maximum absolute atomic E-state index is 11.4. The van der Waals surface area contributed by atoms with Gasteiger partial charge in [-0.3, -0.25) is 0 Å². The van der Waals surface area contributed by atoms with Gasteiger partial charge in [-0.1, -0.05) is 5.92 Å². The fourth-order valence-corrected chi connectivity index (χ4v) is 0.271. The monoisotopic (exact) mass is 132 g/mol. The van der Waals surface area contributed by atoms with Gasteiger partial charge >= 0.3 is 0 Å². The Labute approximate surface area is 54.3 Å². The summed E-state index contributed by atoms with van der Waals surface area (Å²) in [6.45, 7) is 5.38. The normalized spacial score (nSPS) is 10.9. The minimum Gasteiger partial charge on any atom is -0.196 e. The molecule has 0 atom stereocenters. The van der Waals surface area contributed by atoms with Crippen LogP contribution in [0.1, 0.15) is 20.8 Å². The lowest BCUT2D eigenvalue weighted by Gasteiger charge is -2.06. The molecule has 0 aliphatic rings. The third-order valence-corrected chi connectivity index (χ3v) is 0.556. The molecule has 0 rings (SSSR count). The van der Waals surface area contributed by atoms with Crippen LogP contribution in [0.4, 0.5) is 8.78 Å². The molecule has 0 unspecified atom stereocenters. The summed E-state index contributed by atoms with van der Waals surface area (Å²) < 4.78 is 22.8. The minimum atomic E-state index is -2.50. The van der Waals surface area contributed by atoms with E-state index >= 15 is 0 Å². The van der Waals surface area contributed by atoms with Crippen molar-refractivity contribution in [3.63, 3.8) is 0 Å². The third-order valence-electron chi connectivity index (χ3n) is 0.556. The van der Waals surface area contributed by atoms with Crippen LogP contribution >= 0.6 is 0 Å². The number of hydrogen-bond acceptors (Lipinski definition) is 0. The summed E-state index contributed by atoms with van der Waals surface area (Å²) in [5, 5.41) is 0. The molecule has 0 spiro atoms. The fraction of sp³-hybridized carbons (Fsp3) is 0.714. The van der Waals surface area contributed by atoms with Gasteiger partial charge in [-0.05, 0) is 26.7 Å². The average molecular weight is 132 g/mol. The predicted molar refractivity (Wildman–Crippen MR) is 33.2 cm³/mol. The zero-order valence-electron chi connectivity index (χ0n) is 5.83. The second-order valence-electron chi connectivity index (χ2n) is 2.82. The van der Waals surface area contributed by atoms with Crippen LogP contribution in [0.5, 0.6) is 0 Å². The van der Waals surface area contributed by atoms with Crippen molar-refractivity contribution >= 4 is 0 Å². The van der Waals surface area contributed by atoms with Crippen LogP contribution in [-0.2, 0) is 0 Å². The van der Waals surface area contributed by atoms with Crippen molar-refractivity contribution in [1.82, 2.24) is 0 Å². The molecule has 0 amide bonds. The van der Waals surface area contributed by atoms with Crippen LogP contribution < -0.4 is 0 Å². The molecule has 0 aliphatic heterocycles. The van der Waals surface area contributed by atoms with Gasteiger partial charge in [0.25, 0.3) is 6.43 Å². The number of alkyl halides is 2. The largest absolute Gasteiger partial charge is 0.298 e. The first-order valence-corrected chi connectivity index (χ1v) is 2.73. The van der Waals surface area contributed by atoms with Crippen molar-refractivity contribution in [3.8, 4) is 11.8 Å². The fourth-order valence-electron chi connectivity index (χ4n) is 0.271. The van der Waals surface area contributed by atoms with Gasteiger partial charge in [0.1, 0.15) is 0 Å². The molecule has 0 N–H and O–H groups in total. The molecule has 0 nitrogen and oxygen atoms in total. The van der Waals surface area contributed by atoms with Crippen molar-refractivity contribution in [1.29, 1.82) is 0 Å². The Kier molecular flexibility index (Phi) is 2.64. The Morgan fingerprint density at radius 1 is 1.22 bits per heavy atom. The molecule has 52 valence electrons. The third kappa shape index (κ3) is 7.42. The lowest BCUT2D eigenvalue weighted by molar-refractivity contribution is 0.214. The quantitative estimate of drug-likeness (QED) is 0.443. The Hall–Kier alpha value is -0.580. The summed E-state index contributed by atoms with van der Waals surface area (Å²) in [5.41, 5.74) is -0.309. The smallest absolute Gasteiger partial charge is 0.196 e. The maximum Gasteiger partial charge on any atom is 0.298 e. The van der Waals surface area contributed by atoms with Crippen LogP contribution in [0.2, 0.25) is 0 Å². The van der Waals surface area contributed by atoms with Gasteiger partial charge in [-0.2, -0.15) is 8.78 Å². The first kappa shape index (κ1) is 8.42. The molecule has 2 heteroatoms. The second kappa shape index (κ2) is 2.82. The molecule has 0 aromatic heterocycles. The van der Waals surface area contributed by atoms with E-state index in [1.54, 1.807) is 26.7 Å². The van der Waals surface area contributed by atoms with Gasteiger partial charge in [0.2, 0.25) is 0 Å². The molecular weight excluding hydrogens is 122 g/mol. The highest BCUT2D eigenvalue weighted by molar-refractivity contribution is 5.08. The zero-order valence-corrected chi connectivity index (χ0v) is 5.83. The van der Waals surface area contributed by atoms with Crippen LogP contribution in [0.3, 0.4) is 0 Å². The standard InChI is InChI=1S/C7H10F2/c1-7(2,3)5-4-6(8)9/h6H,1-3H3. The molecule has 0 bridgehead atoms. The molecule has 0 saturated carbocycles. The summed E-state index contributed by atoms with van der Waals surface area (Å²) in [5.74, 6) is 4.22. The number of halogens is 2. The van der Waals surface area contributed by atoms with E-state index < -0.39 is 6.43 Å². The topological polar surface area (TPSA) is 0 Å². The summed E-state index contributed by atoms with van der Waals surface area (Å²) in [6.07, 6.45) is -2.50. The van der Waals surface area contributed by atoms with Crippen LogP contribution in [0, 0.1) is 17.3 Å². The van der Waals surface area contributed by atoms with Crippen LogP contribution in [-0.4, -0.2) is 6.43 Å². The highest BCUT2D eigenvalue weighted by Gasteiger charge is 2.04. The summed E-state index contributed by atoms with van der Waals surface area (Å²) in [7, 11) is 0. The van der Waals surface area contributed by atoms with Crippen molar-refractivity contribution in [3.05, 3.63) is 0 Å². The van der Waals surface area contributed by atoms with Gasteiger partial charge < -0.3 is 0 Å². The van der Waals surface area contributed by atoms with Gasteiger partial charge in [-0.15, -0.1) is 0 Å². The van der Waals surface area contributed by atoms with Crippen molar-refractivity contribution in [2.45, 2.75) is 27.2 Å². The number of hydrogen-bond donors (Lipinski definition) is 0. The van der Waals surface area contributed by atoms with Gasteiger partial charge in [0.05, 0.1) is 0 Å². The second-order valence-corrected chi connectivity index (χ2v) is 2.82. The van der Waals surface area contributed by atoms with E-state index in [0.717, 1.165) is 0 Å². The lowest BCUT2D eigenvalue weighted by Crippen LogP contribution is -2.00. The van der Waals surface area contributed by atoms with Gasteiger partial charge in [-0.25, -0.2) is 0 Å².